The number of thiophene rings is 1. The molecule has 1 aromatic carbocycles. The van der Waals surface area contributed by atoms with Gasteiger partial charge in [0.2, 0.25) is 0 Å². The molecule has 0 spiro atoms. The van der Waals surface area contributed by atoms with Gasteiger partial charge >= 0.3 is 0 Å². The molecular weight excluding hydrogens is 344 g/mol. The molecule has 0 radical (unpaired) electrons. The maximum atomic E-state index is 10.8. The Kier molecular flexibility index (Phi) is 4.74. The molecule has 2 rings (SSSR count). The molecule has 5 nitrogen and oxygen atoms in total. The SMILES string of the molecule is CN(Cc1csc(Br)c1)c1ccc([N+](=O)[O-])cc1CO. The topological polar surface area (TPSA) is 66.6 Å². The molecule has 1 N–H and O–H groups in total. The number of rotatable bonds is 5. The second kappa shape index (κ2) is 6.34. The van der Waals surface area contributed by atoms with Crippen molar-refractivity contribution in [1.29, 1.82) is 0 Å². The maximum absolute atomic E-state index is 10.8. The van der Waals surface area contributed by atoms with Gasteiger partial charge in [0.05, 0.1) is 15.3 Å². The molecule has 0 unspecified atom stereocenters. The second-order valence-corrected chi connectivity index (χ2v) is 6.63. The van der Waals surface area contributed by atoms with Gasteiger partial charge < -0.3 is 10.0 Å². The first-order valence-electron chi connectivity index (χ1n) is 5.83. The van der Waals surface area contributed by atoms with E-state index in [0.29, 0.717) is 12.1 Å². The summed E-state index contributed by atoms with van der Waals surface area (Å²) < 4.78 is 1.06. The molecule has 1 heterocycles. The van der Waals surface area contributed by atoms with E-state index < -0.39 is 4.92 Å². The number of aliphatic hydroxyl groups excluding tert-OH is 1. The van der Waals surface area contributed by atoms with Crippen LogP contribution in [0.5, 0.6) is 0 Å². The van der Waals surface area contributed by atoms with Crippen LogP contribution in [0.2, 0.25) is 0 Å². The van der Waals surface area contributed by atoms with Crippen molar-refractivity contribution < 1.29 is 10.0 Å². The first-order valence-corrected chi connectivity index (χ1v) is 7.50. The zero-order chi connectivity index (χ0) is 14.7. The minimum Gasteiger partial charge on any atom is -0.392 e. The third kappa shape index (κ3) is 3.36. The number of nitrogens with zero attached hydrogens (tertiary/aromatic N) is 2. The van der Waals surface area contributed by atoms with Gasteiger partial charge in [0.15, 0.2) is 0 Å². The number of aliphatic hydroxyl groups is 1. The van der Waals surface area contributed by atoms with Gasteiger partial charge in [-0.25, -0.2) is 0 Å². The van der Waals surface area contributed by atoms with Gasteiger partial charge in [-0.1, -0.05) is 0 Å². The third-order valence-corrected chi connectivity index (χ3v) is 4.45. The van der Waals surface area contributed by atoms with Crippen molar-refractivity contribution in [3.05, 3.63) is 54.7 Å². The van der Waals surface area contributed by atoms with Crippen LogP contribution in [0, 0.1) is 10.1 Å². The van der Waals surface area contributed by atoms with Gasteiger partial charge in [-0.3, -0.25) is 10.1 Å². The average Bonchev–Trinajstić information content (AvgIpc) is 2.83. The molecule has 0 aliphatic rings. The quantitative estimate of drug-likeness (QED) is 0.657. The first-order chi connectivity index (χ1) is 9.51. The number of non-ortho nitro benzene ring substituents is 1. The Bertz CT molecular complexity index is 630. The van der Waals surface area contributed by atoms with E-state index in [2.05, 4.69) is 15.9 Å². The number of anilines is 1. The van der Waals surface area contributed by atoms with E-state index in [9.17, 15) is 15.2 Å². The Labute approximate surface area is 128 Å². The van der Waals surface area contributed by atoms with Gasteiger partial charge in [-0.05, 0) is 39.0 Å². The fourth-order valence-corrected chi connectivity index (χ4v) is 3.17. The van der Waals surface area contributed by atoms with Crippen LogP contribution in [0.25, 0.3) is 0 Å². The van der Waals surface area contributed by atoms with Crippen LogP contribution in [0.3, 0.4) is 0 Å². The molecule has 0 fully saturated rings. The lowest BCUT2D eigenvalue weighted by atomic mass is 10.1. The fourth-order valence-electron chi connectivity index (χ4n) is 1.97. The summed E-state index contributed by atoms with van der Waals surface area (Å²) in [5.41, 5.74) is 2.48. The fraction of sp³-hybridized carbons (Fsp3) is 0.231. The highest BCUT2D eigenvalue weighted by Gasteiger charge is 2.13. The molecule has 0 atom stereocenters. The predicted octanol–water partition coefficient (Wildman–Crippen LogP) is 3.55. The molecule has 0 bridgehead atoms. The Morgan fingerprint density at radius 3 is 2.75 bits per heavy atom. The largest absolute Gasteiger partial charge is 0.392 e. The van der Waals surface area contributed by atoms with E-state index in [-0.39, 0.29) is 12.3 Å². The lowest BCUT2D eigenvalue weighted by molar-refractivity contribution is -0.384. The molecule has 20 heavy (non-hydrogen) atoms. The first kappa shape index (κ1) is 15.0. The van der Waals surface area contributed by atoms with Crippen LogP contribution in [0.15, 0.2) is 33.4 Å². The van der Waals surface area contributed by atoms with Gasteiger partial charge in [0.25, 0.3) is 5.69 Å². The van der Waals surface area contributed by atoms with Crippen LogP contribution < -0.4 is 4.90 Å². The van der Waals surface area contributed by atoms with E-state index in [1.165, 1.54) is 12.1 Å². The van der Waals surface area contributed by atoms with Gasteiger partial charge in [-0.2, -0.15) is 0 Å². The number of benzene rings is 1. The van der Waals surface area contributed by atoms with Crippen LogP contribution in [-0.4, -0.2) is 17.1 Å². The molecule has 2 aromatic rings. The van der Waals surface area contributed by atoms with Crippen LogP contribution in [0.1, 0.15) is 11.1 Å². The Morgan fingerprint density at radius 1 is 1.45 bits per heavy atom. The van der Waals surface area contributed by atoms with Crippen LogP contribution >= 0.6 is 27.3 Å². The van der Waals surface area contributed by atoms with E-state index in [1.807, 2.05) is 23.4 Å². The molecule has 7 heteroatoms. The smallest absolute Gasteiger partial charge is 0.269 e. The van der Waals surface area contributed by atoms with Crippen molar-refractivity contribution in [1.82, 2.24) is 0 Å². The molecule has 0 aliphatic carbocycles. The summed E-state index contributed by atoms with van der Waals surface area (Å²) in [7, 11) is 1.89. The molecule has 0 aliphatic heterocycles. The minimum absolute atomic E-state index is 0.00974. The standard InChI is InChI=1S/C13H13BrN2O3S/c1-15(6-9-4-13(14)20-8-9)12-3-2-11(16(18)19)5-10(12)7-17/h2-5,8,17H,6-7H2,1H3. The molecular formula is C13H13BrN2O3S. The highest BCUT2D eigenvalue weighted by atomic mass is 79.9. The average molecular weight is 357 g/mol. The van der Waals surface area contributed by atoms with E-state index in [4.69, 9.17) is 0 Å². The molecule has 1 aromatic heterocycles. The van der Waals surface area contributed by atoms with Gasteiger partial charge in [0.1, 0.15) is 0 Å². The zero-order valence-electron chi connectivity index (χ0n) is 10.7. The minimum atomic E-state index is -0.459. The van der Waals surface area contributed by atoms with Crippen molar-refractivity contribution in [2.24, 2.45) is 0 Å². The van der Waals surface area contributed by atoms with Crippen molar-refractivity contribution in [3.63, 3.8) is 0 Å². The number of halogens is 1. The summed E-state index contributed by atoms with van der Waals surface area (Å²) in [6.45, 7) is 0.446. The van der Waals surface area contributed by atoms with Gasteiger partial charge in [-0.15, -0.1) is 11.3 Å². The summed E-state index contributed by atoms with van der Waals surface area (Å²) in [6, 6.07) is 6.57. The predicted molar refractivity (Wildman–Crippen MR) is 83.1 cm³/mol. The normalized spacial score (nSPS) is 10.6. The second-order valence-electron chi connectivity index (χ2n) is 4.34. The zero-order valence-corrected chi connectivity index (χ0v) is 13.1. The molecule has 106 valence electrons. The molecule has 0 amide bonds. The number of hydrogen-bond donors (Lipinski definition) is 1. The summed E-state index contributed by atoms with van der Waals surface area (Å²) in [5.74, 6) is 0. The maximum Gasteiger partial charge on any atom is 0.269 e. The van der Waals surface area contributed by atoms with Crippen molar-refractivity contribution in [3.8, 4) is 0 Å². The Morgan fingerprint density at radius 2 is 2.20 bits per heavy atom. The van der Waals surface area contributed by atoms with Crippen LogP contribution in [0.4, 0.5) is 11.4 Å². The summed E-state index contributed by atoms with van der Waals surface area (Å²) in [6.07, 6.45) is 0. The highest BCUT2D eigenvalue weighted by molar-refractivity contribution is 9.11. The van der Waals surface area contributed by atoms with E-state index in [1.54, 1.807) is 17.4 Å². The van der Waals surface area contributed by atoms with E-state index in [0.717, 1.165) is 15.0 Å². The highest BCUT2D eigenvalue weighted by Crippen LogP contribution is 2.27. The lowest BCUT2D eigenvalue weighted by Crippen LogP contribution is -2.17. The van der Waals surface area contributed by atoms with E-state index >= 15 is 0 Å². The van der Waals surface area contributed by atoms with Crippen molar-refractivity contribution in [2.75, 3.05) is 11.9 Å². The summed E-state index contributed by atoms with van der Waals surface area (Å²) in [4.78, 5) is 12.3. The monoisotopic (exact) mass is 356 g/mol. The van der Waals surface area contributed by atoms with Crippen LogP contribution in [-0.2, 0) is 13.2 Å². The van der Waals surface area contributed by atoms with Gasteiger partial charge in [0, 0.05) is 37.0 Å². The lowest BCUT2D eigenvalue weighted by Gasteiger charge is -2.21. The number of nitro benzene ring substituents is 1. The Hall–Kier alpha value is -1.44. The van der Waals surface area contributed by atoms with Crippen molar-refractivity contribution in [2.45, 2.75) is 13.2 Å². The molecule has 0 saturated heterocycles. The third-order valence-electron chi connectivity index (χ3n) is 2.90. The molecule has 0 saturated carbocycles. The summed E-state index contributed by atoms with van der Waals surface area (Å²) >= 11 is 5.03. The summed E-state index contributed by atoms with van der Waals surface area (Å²) in [5, 5.41) is 22.2. The number of nitro groups is 1. The number of hydrogen-bond acceptors (Lipinski definition) is 5. The Balaban J connectivity index is 2.24. The van der Waals surface area contributed by atoms with Crippen molar-refractivity contribution >= 4 is 38.6 Å².